The smallest absolute Gasteiger partial charge is 0.234 e. The zero-order valence-corrected chi connectivity index (χ0v) is 13.8. The van der Waals surface area contributed by atoms with E-state index in [9.17, 15) is 9.90 Å². The Morgan fingerprint density at radius 2 is 2.23 bits per heavy atom. The largest absolute Gasteiger partial charge is 0.390 e. The molecule has 0 aromatic carbocycles. The second-order valence-corrected chi connectivity index (χ2v) is 6.31. The van der Waals surface area contributed by atoms with Gasteiger partial charge in [0, 0.05) is 25.2 Å². The van der Waals surface area contributed by atoms with E-state index in [-0.39, 0.29) is 11.9 Å². The summed E-state index contributed by atoms with van der Waals surface area (Å²) in [4.78, 5) is 15.8. The topological polar surface area (TPSA) is 81.8 Å². The number of hydrogen-bond acceptors (Lipinski definition) is 6. The highest BCUT2D eigenvalue weighted by Gasteiger charge is 2.29. The van der Waals surface area contributed by atoms with Crippen molar-refractivity contribution in [2.24, 2.45) is 0 Å². The van der Waals surface area contributed by atoms with Crippen LogP contribution in [0.25, 0.3) is 0 Å². The Labute approximate surface area is 131 Å². The van der Waals surface area contributed by atoms with Gasteiger partial charge in [-0.2, -0.15) is 0 Å². The van der Waals surface area contributed by atoms with Crippen molar-refractivity contribution in [1.29, 1.82) is 0 Å². The molecule has 2 N–H and O–H groups in total. The van der Waals surface area contributed by atoms with Crippen molar-refractivity contribution >= 4 is 5.91 Å². The standard InChI is InChI=1S/C15H26N4O3/c1-10-12(11(2)22-17-10)7-19-6-5-13(14(20)8-19)16-15(21)9-18(3)4/h13-14,20H,5-9H2,1-4H3,(H,16,21)/t13-,14-/m1/s1. The SMILES string of the molecule is Cc1noc(C)c1CN1CC[C@@H](NC(=O)CN(C)C)[C@H](O)C1. The van der Waals surface area contributed by atoms with E-state index in [1.807, 2.05) is 32.8 Å². The predicted molar refractivity (Wildman–Crippen MR) is 82.4 cm³/mol. The van der Waals surface area contributed by atoms with Crippen LogP contribution in [-0.2, 0) is 11.3 Å². The summed E-state index contributed by atoms with van der Waals surface area (Å²) in [6.45, 7) is 6.25. The number of carbonyl (C=O) groups excluding carboxylic acids is 1. The molecule has 0 spiro atoms. The molecule has 0 saturated carbocycles. The third-order valence-corrected chi connectivity index (χ3v) is 4.04. The van der Waals surface area contributed by atoms with Crippen LogP contribution in [0, 0.1) is 13.8 Å². The van der Waals surface area contributed by atoms with Crippen molar-refractivity contribution in [3.05, 3.63) is 17.0 Å². The molecule has 2 heterocycles. The van der Waals surface area contributed by atoms with E-state index in [4.69, 9.17) is 4.52 Å². The van der Waals surface area contributed by atoms with E-state index in [0.717, 1.165) is 36.5 Å². The van der Waals surface area contributed by atoms with E-state index in [0.29, 0.717) is 13.1 Å². The minimum Gasteiger partial charge on any atom is -0.390 e. The molecule has 1 fully saturated rings. The maximum atomic E-state index is 11.8. The number of amides is 1. The van der Waals surface area contributed by atoms with Crippen molar-refractivity contribution in [3.8, 4) is 0 Å². The van der Waals surface area contributed by atoms with Gasteiger partial charge < -0.3 is 19.8 Å². The van der Waals surface area contributed by atoms with Crippen LogP contribution in [-0.4, -0.2) is 71.8 Å². The number of piperidine rings is 1. The number of aromatic nitrogens is 1. The zero-order valence-electron chi connectivity index (χ0n) is 13.8. The minimum atomic E-state index is -0.555. The lowest BCUT2D eigenvalue weighted by Crippen LogP contribution is -2.54. The highest BCUT2D eigenvalue weighted by atomic mass is 16.5. The number of carbonyl (C=O) groups is 1. The number of aliphatic hydroxyl groups is 1. The minimum absolute atomic E-state index is 0.0479. The van der Waals surface area contributed by atoms with E-state index in [1.54, 1.807) is 0 Å². The summed E-state index contributed by atoms with van der Waals surface area (Å²) in [5, 5.41) is 17.2. The number of likely N-dealkylation sites (tertiary alicyclic amines) is 1. The highest BCUT2D eigenvalue weighted by Crippen LogP contribution is 2.19. The van der Waals surface area contributed by atoms with Crippen molar-refractivity contribution in [2.75, 3.05) is 33.7 Å². The predicted octanol–water partition coefficient (Wildman–Crippen LogP) is -0.0956. The third kappa shape index (κ3) is 4.28. The fraction of sp³-hybridized carbons (Fsp3) is 0.733. The van der Waals surface area contributed by atoms with Crippen molar-refractivity contribution in [3.63, 3.8) is 0 Å². The molecule has 0 unspecified atom stereocenters. The molecule has 1 aliphatic heterocycles. The van der Waals surface area contributed by atoms with Gasteiger partial charge in [-0.25, -0.2) is 0 Å². The first kappa shape index (κ1) is 16.9. The van der Waals surface area contributed by atoms with Crippen LogP contribution in [0.5, 0.6) is 0 Å². The first-order valence-corrected chi connectivity index (χ1v) is 7.63. The van der Waals surface area contributed by atoms with Gasteiger partial charge in [0.2, 0.25) is 5.91 Å². The molecule has 0 bridgehead atoms. The second kappa shape index (κ2) is 7.21. The summed E-state index contributed by atoms with van der Waals surface area (Å²) in [6.07, 6.45) is 0.185. The number of aliphatic hydroxyl groups excluding tert-OH is 1. The molecule has 124 valence electrons. The Balaban J connectivity index is 1.86. The van der Waals surface area contributed by atoms with Crippen LogP contribution >= 0.6 is 0 Å². The van der Waals surface area contributed by atoms with Crippen LogP contribution in [0.4, 0.5) is 0 Å². The Morgan fingerprint density at radius 1 is 1.50 bits per heavy atom. The van der Waals surface area contributed by atoms with Gasteiger partial charge in [0.15, 0.2) is 0 Å². The molecule has 7 heteroatoms. The molecule has 1 aromatic heterocycles. The average molecular weight is 310 g/mol. The number of likely N-dealkylation sites (N-methyl/N-ethyl adjacent to an activating group) is 1. The normalized spacial score (nSPS) is 23.0. The lowest BCUT2D eigenvalue weighted by atomic mass is 10.0. The van der Waals surface area contributed by atoms with Gasteiger partial charge in [0.05, 0.1) is 24.4 Å². The van der Waals surface area contributed by atoms with Crippen LogP contribution < -0.4 is 5.32 Å². The van der Waals surface area contributed by atoms with E-state index in [1.165, 1.54) is 0 Å². The van der Waals surface area contributed by atoms with Gasteiger partial charge in [-0.15, -0.1) is 0 Å². The molecular formula is C15H26N4O3. The van der Waals surface area contributed by atoms with Gasteiger partial charge >= 0.3 is 0 Å². The maximum absolute atomic E-state index is 11.8. The summed E-state index contributed by atoms with van der Waals surface area (Å²) in [5.74, 6) is 0.779. The Bertz CT molecular complexity index is 495. The van der Waals surface area contributed by atoms with Crippen LogP contribution in [0.2, 0.25) is 0 Å². The summed E-state index contributed by atoms with van der Waals surface area (Å²) >= 11 is 0. The molecule has 1 aliphatic rings. The number of β-amino-alcohol motifs (C(OH)–C–C–N with tert-alkyl or cyclic N) is 1. The average Bonchev–Trinajstić information content (AvgIpc) is 2.73. The molecule has 1 amide bonds. The van der Waals surface area contributed by atoms with Crippen molar-refractivity contribution in [1.82, 2.24) is 20.3 Å². The van der Waals surface area contributed by atoms with Gasteiger partial charge in [-0.1, -0.05) is 5.16 Å². The highest BCUT2D eigenvalue weighted by molar-refractivity contribution is 5.78. The summed E-state index contributed by atoms with van der Waals surface area (Å²) < 4.78 is 5.17. The summed E-state index contributed by atoms with van der Waals surface area (Å²) in [6, 6.07) is -0.173. The second-order valence-electron chi connectivity index (χ2n) is 6.31. The van der Waals surface area contributed by atoms with E-state index in [2.05, 4.69) is 15.4 Å². The fourth-order valence-corrected chi connectivity index (χ4v) is 2.80. The van der Waals surface area contributed by atoms with Gasteiger partial charge in [0.1, 0.15) is 5.76 Å². The maximum Gasteiger partial charge on any atom is 0.234 e. The molecule has 2 rings (SSSR count). The number of nitrogens with zero attached hydrogens (tertiary/aromatic N) is 3. The van der Waals surface area contributed by atoms with Gasteiger partial charge in [0.25, 0.3) is 0 Å². The first-order chi connectivity index (χ1) is 10.4. The van der Waals surface area contributed by atoms with Crippen LogP contribution in [0.15, 0.2) is 4.52 Å². The Hall–Kier alpha value is -1.44. The molecule has 7 nitrogen and oxygen atoms in total. The van der Waals surface area contributed by atoms with Crippen LogP contribution in [0.1, 0.15) is 23.4 Å². The fourth-order valence-electron chi connectivity index (χ4n) is 2.80. The number of hydrogen-bond donors (Lipinski definition) is 2. The number of rotatable bonds is 5. The quantitative estimate of drug-likeness (QED) is 0.791. The third-order valence-electron chi connectivity index (χ3n) is 4.04. The summed E-state index contributed by atoms with van der Waals surface area (Å²) in [7, 11) is 3.70. The molecular weight excluding hydrogens is 284 g/mol. The number of aryl methyl sites for hydroxylation is 2. The van der Waals surface area contributed by atoms with Crippen molar-refractivity contribution in [2.45, 2.75) is 39.0 Å². The first-order valence-electron chi connectivity index (χ1n) is 7.63. The molecule has 0 radical (unpaired) electrons. The Morgan fingerprint density at radius 3 is 2.77 bits per heavy atom. The molecule has 1 saturated heterocycles. The number of nitrogens with one attached hydrogen (secondary N) is 1. The van der Waals surface area contributed by atoms with Crippen LogP contribution in [0.3, 0.4) is 0 Å². The molecule has 0 aliphatic carbocycles. The Kier molecular flexibility index (Phi) is 5.55. The monoisotopic (exact) mass is 310 g/mol. The molecule has 1 aromatic rings. The van der Waals surface area contributed by atoms with Crippen molar-refractivity contribution < 1.29 is 14.4 Å². The van der Waals surface area contributed by atoms with E-state index >= 15 is 0 Å². The lowest BCUT2D eigenvalue weighted by Gasteiger charge is -2.36. The molecule has 22 heavy (non-hydrogen) atoms. The summed E-state index contributed by atoms with van der Waals surface area (Å²) in [5.41, 5.74) is 1.98. The lowest BCUT2D eigenvalue weighted by molar-refractivity contribution is -0.124. The zero-order chi connectivity index (χ0) is 16.3. The van der Waals surface area contributed by atoms with Gasteiger partial charge in [-0.3, -0.25) is 9.69 Å². The van der Waals surface area contributed by atoms with Gasteiger partial charge in [-0.05, 0) is 34.4 Å². The van der Waals surface area contributed by atoms with E-state index < -0.39 is 6.10 Å². The molecule has 2 atom stereocenters.